The molecule has 0 spiro atoms. The van der Waals surface area contributed by atoms with Crippen LogP contribution < -0.4 is 31.9 Å². The Labute approximate surface area is 433 Å². The highest BCUT2D eigenvalue weighted by Crippen LogP contribution is 2.25. The van der Waals surface area contributed by atoms with E-state index in [1.165, 1.54) is 36.4 Å². The van der Waals surface area contributed by atoms with E-state index in [9.17, 15) is 53.3 Å². The topological polar surface area (TPSA) is 328 Å². The van der Waals surface area contributed by atoms with E-state index in [4.69, 9.17) is 15.0 Å². The van der Waals surface area contributed by atoms with Crippen LogP contribution in [0.15, 0.2) is 178 Å². The van der Waals surface area contributed by atoms with E-state index in [2.05, 4.69) is 36.8 Å². The first-order chi connectivity index (χ1) is 36.1. The number of benzene rings is 6. The van der Waals surface area contributed by atoms with Gasteiger partial charge < -0.3 is 31.9 Å². The minimum absolute atomic E-state index is 0.283. The molecule has 3 aromatic heterocycles. The zero-order valence-corrected chi connectivity index (χ0v) is 41.7. The zero-order valence-electron chi connectivity index (χ0n) is 39.2. The molecule has 9 N–H and O–H groups in total. The number of fused-ring (bicyclic) bond motifs is 3. The van der Waals surface area contributed by atoms with Crippen molar-refractivity contribution in [3.05, 3.63) is 181 Å². The maximum atomic E-state index is 12.9. The Kier molecular flexibility index (Phi) is 14.7. The largest absolute Gasteiger partial charge is 0.323 e. The molecule has 6 amide bonds. The second-order valence-electron chi connectivity index (χ2n) is 17.0. The third kappa shape index (κ3) is 13.4. The first-order valence-corrected chi connectivity index (χ1v) is 26.9. The van der Waals surface area contributed by atoms with Crippen molar-refractivity contribution in [3.63, 3.8) is 0 Å². The van der Waals surface area contributed by atoms with Crippen molar-refractivity contribution in [1.29, 1.82) is 0 Å². The fraction of sp³-hybridized carbons (Fsp3) is 0.0588. The maximum absolute atomic E-state index is 12.9. The number of hydrogen-bond donors (Lipinski definition) is 9. The second-order valence-corrected chi connectivity index (χ2v) is 21.3. The van der Waals surface area contributed by atoms with Crippen LogP contribution >= 0.6 is 0 Å². The number of hydrogen-bond acceptors (Lipinski definition) is 13. The Hall–Kier alpha value is -8.95. The van der Waals surface area contributed by atoms with Gasteiger partial charge in [-0.2, -0.15) is 25.3 Å². The number of carbonyl (C=O) groups is 3. The van der Waals surface area contributed by atoms with E-state index >= 15 is 0 Å². The van der Waals surface area contributed by atoms with E-state index in [0.29, 0.717) is 50.7 Å². The van der Waals surface area contributed by atoms with Gasteiger partial charge in [-0.05, 0) is 127 Å². The molecule has 6 aromatic carbocycles. The van der Waals surface area contributed by atoms with Crippen LogP contribution in [-0.4, -0.2) is 76.9 Å². The molecule has 0 bridgehead atoms. The second kappa shape index (κ2) is 21.5. The molecular formula is C51H42N10O12S3. The van der Waals surface area contributed by atoms with Crippen LogP contribution in [0, 0.1) is 0 Å². The van der Waals surface area contributed by atoms with Crippen LogP contribution in [0.3, 0.4) is 0 Å². The molecule has 386 valence electrons. The third-order valence-corrected chi connectivity index (χ3v) is 14.0. The van der Waals surface area contributed by atoms with Gasteiger partial charge in [0, 0.05) is 69.9 Å². The average molecular weight is 1080 g/mol. The van der Waals surface area contributed by atoms with Crippen molar-refractivity contribution in [2.24, 2.45) is 0 Å². The smallest absolute Gasteiger partial charge is 0.308 e. The Bertz CT molecular complexity index is 3660. The molecule has 25 heteroatoms. The maximum Gasteiger partial charge on any atom is 0.323 e. The zero-order chi connectivity index (χ0) is 53.8. The van der Waals surface area contributed by atoms with E-state index in [1.807, 2.05) is 36.4 Å². The van der Waals surface area contributed by atoms with E-state index in [1.54, 1.807) is 54.6 Å². The molecule has 0 aliphatic carbocycles. The molecular weight excluding hydrogens is 1040 g/mol. The number of aromatic nitrogens is 3. The number of nitrogens with zero attached hydrogens (tertiary/aromatic N) is 4. The lowest BCUT2D eigenvalue weighted by atomic mass is 10.1. The van der Waals surface area contributed by atoms with Crippen LogP contribution in [0.1, 0.15) is 17.1 Å². The van der Waals surface area contributed by atoms with Crippen LogP contribution in [0.25, 0.3) is 32.7 Å². The average Bonchev–Trinajstić information content (AvgIpc) is 3.36. The minimum Gasteiger partial charge on any atom is -0.308 e. The quantitative estimate of drug-likeness (QED) is 0.0432. The van der Waals surface area contributed by atoms with E-state index in [-0.39, 0.29) is 51.4 Å². The van der Waals surface area contributed by atoms with Crippen molar-refractivity contribution < 1.29 is 53.3 Å². The lowest BCUT2D eigenvalue weighted by molar-refractivity contribution is 0.239. The Balaban J connectivity index is 0.947. The number of anilines is 6. The molecule has 0 unspecified atom stereocenters. The normalized spacial score (nSPS) is 11.8. The van der Waals surface area contributed by atoms with Gasteiger partial charge in [0.2, 0.25) is 0 Å². The summed E-state index contributed by atoms with van der Waals surface area (Å²) >= 11 is 0. The van der Waals surface area contributed by atoms with Crippen LogP contribution in [0.4, 0.5) is 48.5 Å². The number of nitrogens with one attached hydrogen (secondary N) is 6. The van der Waals surface area contributed by atoms with Crippen molar-refractivity contribution in [3.8, 4) is 0 Å². The van der Waals surface area contributed by atoms with Crippen LogP contribution in [-0.2, 0) is 50.0 Å². The van der Waals surface area contributed by atoms with Crippen LogP contribution in [0.5, 0.6) is 0 Å². The van der Waals surface area contributed by atoms with Gasteiger partial charge in [-0.3, -0.25) is 33.5 Å². The Morgan fingerprint density at radius 3 is 0.816 bits per heavy atom. The van der Waals surface area contributed by atoms with Gasteiger partial charge in [0.25, 0.3) is 30.4 Å². The van der Waals surface area contributed by atoms with Gasteiger partial charge in [-0.25, -0.2) is 14.4 Å². The summed E-state index contributed by atoms with van der Waals surface area (Å²) in [6, 6.07) is 40.1. The van der Waals surface area contributed by atoms with Gasteiger partial charge in [-0.1, -0.05) is 36.4 Å². The summed E-state index contributed by atoms with van der Waals surface area (Å²) in [5.41, 5.74) is 5.78. The Morgan fingerprint density at radius 2 is 0.566 bits per heavy atom. The molecule has 22 nitrogen and oxygen atoms in total. The monoisotopic (exact) mass is 1080 g/mol. The SMILES string of the molecule is O=C(Nc1ccc(S(=O)(=O)O)cc1)Nc1ccc2ccc(CN(Cc3ccc4ccc(NC(=O)Nc5ccc(S(=O)(=O)O)cc5)cc4n3)Cc3ccc4ccc(NC(=O)Nc5ccc(S(=O)(=O)O)cc5)cc4n3)nc2c1. The molecule has 0 aliphatic heterocycles. The number of rotatable bonds is 15. The highest BCUT2D eigenvalue weighted by Gasteiger charge is 2.17. The lowest BCUT2D eigenvalue weighted by Gasteiger charge is -2.22. The minimum atomic E-state index is -4.41. The summed E-state index contributed by atoms with van der Waals surface area (Å²) in [4.78, 5) is 54.8. The molecule has 9 rings (SSSR count). The highest BCUT2D eigenvalue weighted by atomic mass is 32.2. The molecule has 0 aliphatic rings. The van der Waals surface area contributed by atoms with Crippen LogP contribution in [0.2, 0.25) is 0 Å². The molecule has 76 heavy (non-hydrogen) atoms. The van der Waals surface area contributed by atoms with Crippen molar-refractivity contribution in [1.82, 2.24) is 19.9 Å². The predicted octanol–water partition coefficient (Wildman–Crippen LogP) is 9.21. The number of urea groups is 3. The lowest BCUT2D eigenvalue weighted by Crippen LogP contribution is -2.24. The summed E-state index contributed by atoms with van der Waals surface area (Å²) < 4.78 is 96.5. The highest BCUT2D eigenvalue weighted by molar-refractivity contribution is 7.86. The molecule has 9 aromatic rings. The molecule has 0 fully saturated rings. The molecule has 3 heterocycles. The number of pyridine rings is 3. The van der Waals surface area contributed by atoms with Crippen molar-refractivity contribution in [2.45, 2.75) is 34.3 Å². The van der Waals surface area contributed by atoms with Gasteiger partial charge in [0.1, 0.15) is 0 Å². The first kappa shape index (κ1) is 51.9. The Morgan fingerprint density at radius 1 is 0.342 bits per heavy atom. The van der Waals surface area contributed by atoms with Crippen molar-refractivity contribution in [2.75, 3.05) is 31.9 Å². The molecule has 0 atom stereocenters. The molecule has 0 saturated carbocycles. The summed E-state index contributed by atoms with van der Waals surface area (Å²) in [5, 5.41) is 18.5. The van der Waals surface area contributed by atoms with Gasteiger partial charge >= 0.3 is 18.1 Å². The third-order valence-electron chi connectivity index (χ3n) is 11.4. The van der Waals surface area contributed by atoms with Gasteiger partial charge in [0.15, 0.2) is 0 Å². The summed E-state index contributed by atoms with van der Waals surface area (Å²) in [7, 11) is -13.2. The predicted molar refractivity (Wildman–Crippen MR) is 285 cm³/mol. The van der Waals surface area contributed by atoms with E-state index in [0.717, 1.165) is 52.6 Å². The van der Waals surface area contributed by atoms with Crippen molar-refractivity contribution >= 4 is 115 Å². The fourth-order valence-electron chi connectivity index (χ4n) is 7.84. The fourth-order valence-corrected chi connectivity index (χ4v) is 9.28. The van der Waals surface area contributed by atoms with Gasteiger partial charge in [0.05, 0.1) is 48.3 Å². The summed E-state index contributed by atoms with van der Waals surface area (Å²) in [5.74, 6) is 0. The standard InChI is InChI=1S/C51H42N10O12S3/c62-49(55-34-13-19-43(20-14-34)74(65,66)67)58-37-7-1-31-4-10-40(52-46(31)25-37)28-61(29-41-11-5-32-2-8-38(26-47(32)53-41)59-50(63)56-35-15-21-44(22-16-35)75(68,69)70)30-42-12-6-33-3-9-39(27-48(33)54-42)60-51(64)57-36-17-23-45(24-18-36)76(71,72)73/h1-27H,28-30H2,(H2,55,58,62)(H2,56,59,63)(H2,57,60,64)(H,65,66,67)(H,68,69,70)(H,71,72,73). The number of amides is 6. The van der Waals surface area contributed by atoms with E-state index < -0.39 is 48.4 Å². The summed E-state index contributed by atoms with van der Waals surface area (Å²) in [6.07, 6.45) is 0. The molecule has 0 saturated heterocycles. The molecule has 0 radical (unpaired) electrons. The first-order valence-electron chi connectivity index (χ1n) is 22.5. The summed E-state index contributed by atoms with van der Waals surface area (Å²) in [6.45, 7) is 0.854. The number of carbonyl (C=O) groups excluding carboxylic acids is 3. The van der Waals surface area contributed by atoms with Gasteiger partial charge in [-0.15, -0.1) is 0 Å².